The van der Waals surface area contributed by atoms with Gasteiger partial charge in [-0.2, -0.15) is 0 Å². The van der Waals surface area contributed by atoms with Crippen molar-refractivity contribution < 1.29 is 28.6 Å². The Balaban J connectivity index is 4.16. The van der Waals surface area contributed by atoms with Gasteiger partial charge in [-0.15, -0.1) is 0 Å². The van der Waals surface area contributed by atoms with E-state index < -0.39 is 6.10 Å². The number of rotatable bonds is 50. The molecule has 0 aromatic carbocycles. The highest BCUT2D eigenvalue weighted by molar-refractivity contribution is 5.71. The van der Waals surface area contributed by atoms with Crippen LogP contribution in [0.2, 0.25) is 0 Å². The smallest absolute Gasteiger partial charge is 0.306 e. The van der Waals surface area contributed by atoms with Crippen molar-refractivity contribution in [1.82, 2.24) is 0 Å². The van der Waals surface area contributed by atoms with Gasteiger partial charge in [0.25, 0.3) is 0 Å². The summed E-state index contributed by atoms with van der Waals surface area (Å²) in [7, 11) is 0. The van der Waals surface area contributed by atoms with Crippen molar-refractivity contribution in [3.05, 3.63) is 48.6 Å². The van der Waals surface area contributed by atoms with Crippen LogP contribution in [-0.4, -0.2) is 37.2 Å². The maximum absolute atomic E-state index is 12.8. The Bertz CT molecular complexity index is 1120. The highest BCUT2D eigenvalue weighted by Crippen LogP contribution is 2.16. The Labute approximate surface area is 397 Å². The molecule has 0 saturated carbocycles. The van der Waals surface area contributed by atoms with Gasteiger partial charge in [0.2, 0.25) is 0 Å². The van der Waals surface area contributed by atoms with Gasteiger partial charge in [-0.1, -0.05) is 256 Å². The zero-order valence-corrected chi connectivity index (χ0v) is 42.6. The number of carbonyl (C=O) groups is 3. The maximum Gasteiger partial charge on any atom is 0.306 e. The third-order valence-corrected chi connectivity index (χ3v) is 12.1. The molecule has 0 N–H and O–H groups in total. The van der Waals surface area contributed by atoms with Gasteiger partial charge in [-0.05, 0) is 57.8 Å². The summed E-state index contributed by atoms with van der Waals surface area (Å²) in [6.45, 7) is 6.52. The minimum atomic E-state index is -0.767. The summed E-state index contributed by atoms with van der Waals surface area (Å²) >= 11 is 0. The molecule has 0 fully saturated rings. The van der Waals surface area contributed by atoms with Crippen molar-refractivity contribution in [3.8, 4) is 0 Å². The number of carbonyl (C=O) groups excluding carboxylic acids is 3. The van der Waals surface area contributed by atoms with Crippen LogP contribution in [0, 0.1) is 0 Å². The van der Waals surface area contributed by atoms with E-state index in [2.05, 4.69) is 69.4 Å². The van der Waals surface area contributed by atoms with Gasteiger partial charge >= 0.3 is 17.9 Å². The first-order valence-corrected chi connectivity index (χ1v) is 27.6. The zero-order chi connectivity index (χ0) is 46.5. The summed E-state index contributed by atoms with van der Waals surface area (Å²) in [5, 5.41) is 0. The molecule has 0 rings (SSSR count). The van der Waals surface area contributed by atoms with Crippen LogP contribution in [0.15, 0.2) is 48.6 Å². The van der Waals surface area contributed by atoms with E-state index in [1.54, 1.807) is 0 Å². The first-order chi connectivity index (χ1) is 31.5. The van der Waals surface area contributed by atoms with Crippen molar-refractivity contribution in [1.29, 1.82) is 0 Å². The van der Waals surface area contributed by atoms with Crippen LogP contribution >= 0.6 is 0 Å². The van der Waals surface area contributed by atoms with Crippen LogP contribution in [0.1, 0.15) is 284 Å². The highest BCUT2D eigenvalue weighted by Gasteiger charge is 2.19. The Kier molecular flexibility index (Phi) is 50.8. The number of unbranched alkanes of at least 4 members (excludes halogenated alkanes) is 31. The van der Waals surface area contributed by atoms with Crippen molar-refractivity contribution in [2.24, 2.45) is 0 Å². The second-order valence-electron chi connectivity index (χ2n) is 18.5. The van der Waals surface area contributed by atoms with Crippen molar-refractivity contribution in [2.45, 2.75) is 290 Å². The number of allylic oxidation sites excluding steroid dienone is 8. The molecule has 6 heteroatoms. The number of esters is 3. The molecule has 0 bridgehead atoms. The maximum atomic E-state index is 12.8. The fourth-order valence-electron chi connectivity index (χ4n) is 7.96. The first-order valence-electron chi connectivity index (χ1n) is 27.6. The third-order valence-electron chi connectivity index (χ3n) is 12.1. The molecule has 0 radical (unpaired) electrons. The quantitative estimate of drug-likeness (QED) is 0.0262. The first kappa shape index (κ1) is 61.4. The van der Waals surface area contributed by atoms with Gasteiger partial charge in [-0.25, -0.2) is 0 Å². The number of hydrogen-bond acceptors (Lipinski definition) is 6. The third kappa shape index (κ3) is 50.4. The average molecular weight is 897 g/mol. The summed E-state index contributed by atoms with van der Waals surface area (Å²) in [4.78, 5) is 37.9. The van der Waals surface area contributed by atoms with Crippen LogP contribution in [0.3, 0.4) is 0 Å². The van der Waals surface area contributed by atoms with E-state index in [9.17, 15) is 14.4 Å². The van der Waals surface area contributed by atoms with Crippen LogP contribution in [0.4, 0.5) is 0 Å². The molecule has 0 aliphatic rings. The SMILES string of the molecule is CC/C=C\C/C=C\C/C=C\C/C=C\CCCCCCCCCCCCCCC(=O)OCC(COC(=O)CCCCCCCCCCC)OC(=O)CCCCCCCCCCCCCC. The predicted octanol–water partition coefficient (Wildman–Crippen LogP) is 18.3. The lowest BCUT2D eigenvalue weighted by Crippen LogP contribution is -2.30. The fourth-order valence-corrected chi connectivity index (χ4v) is 7.96. The molecule has 0 aliphatic heterocycles. The molecule has 0 saturated heterocycles. The molecule has 372 valence electrons. The standard InChI is InChI=1S/C58H104O6/c1-4-7-10-13-16-19-21-23-24-25-26-27-28-29-30-31-32-33-34-35-37-39-42-45-48-51-57(60)63-54-55(53-62-56(59)50-47-44-41-38-18-15-12-9-6-3)64-58(61)52-49-46-43-40-36-22-20-17-14-11-8-5-2/h7,10,16,19,23-24,26-27,55H,4-6,8-9,11-15,17-18,20-22,25,28-54H2,1-3H3/b10-7-,19-16-,24-23-,27-26-. The molecule has 0 amide bonds. The van der Waals surface area contributed by atoms with Crippen molar-refractivity contribution >= 4 is 17.9 Å². The van der Waals surface area contributed by atoms with E-state index in [0.717, 1.165) is 83.5 Å². The summed E-state index contributed by atoms with van der Waals surface area (Å²) in [6, 6.07) is 0. The lowest BCUT2D eigenvalue weighted by Gasteiger charge is -2.18. The van der Waals surface area contributed by atoms with Crippen LogP contribution in [0.25, 0.3) is 0 Å². The summed E-state index contributed by atoms with van der Waals surface area (Å²) in [5.41, 5.74) is 0. The van der Waals surface area contributed by atoms with Gasteiger partial charge in [0.05, 0.1) is 0 Å². The topological polar surface area (TPSA) is 78.9 Å². The van der Waals surface area contributed by atoms with E-state index in [-0.39, 0.29) is 31.1 Å². The zero-order valence-electron chi connectivity index (χ0n) is 42.6. The number of ether oxygens (including phenoxy) is 3. The Hall–Kier alpha value is -2.63. The van der Waals surface area contributed by atoms with Crippen LogP contribution < -0.4 is 0 Å². The molecule has 1 unspecified atom stereocenters. The normalized spacial score (nSPS) is 12.4. The second kappa shape index (κ2) is 53.0. The monoisotopic (exact) mass is 897 g/mol. The van der Waals surface area contributed by atoms with Gasteiger partial charge in [-0.3, -0.25) is 14.4 Å². The van der Waals surface area contributed by atoms with Crippen LogP contribution in [0.5, 0.6) is 0 Å². The van der Waals surface area contributed by atoms with E-state index in [1.807, 2.05) is 0 Å². The summed E-state index contributed by atoms with van der Waals surface area (Å²) in [5.74, 6) is -0.862. The molecule has 64 heavy (non-hydrogen) atoms. The lowest BCUT2D eigenvalue weighted by molar-refractivity contribution is -0.167. The van der Waals surface area contributed by atoms with Gasteiger partial charge in [0.1, 0.15) is 13.2 Å². The average Bonchev–Trinajstić information content (AvgIpc) is 3.29. The molecule has 0 aromatic heterocycles. The fraction of sp³-hybridized carbons (Fsp3) is 0.810. The lowest BCUT2D eigenvalue weighted by atomic mass is 10.0. The summed E-state index contributed by atoms with van der Waals surface area (Å²) < 4.78 is 16.8. The minimum Gasteiger partial charge on any atom is -0.462 e. The predicted molar refractivity (Wildman–Crippen MR) is 275 cm³/mol. The highest BCUT2D eigenvalue weighted by atomic mass is 16.6. The minimum absolute atomic E-state index is 0.0690. The number of hydrogen-bond donors (Lipinski definition) is 0. The van der Waals surface area contributed by atoms with Gasteiger partial charge in [0.15, 0.2) is 6.10 Å². The molecule has 0 aromatic rings. The largest absolute Gasteiger partial charge is 0.462 e. The molecule has 0 aliphatic carbocycles. The van der Waals surface area contributed by atoms with Crippen molar-refractivity contribution in [2.75, 3.05) is 13.2 Å². The molecule has 0 heterocycles. The van der Waals surface area contributed by atoms with E-state index in [4.69, 9.17) is 14.2 Å². The van der Waals surface area contributed by atoms with Crippen molar-refractivity contribution in [3.63, 3.8) is 0 Å². The van der Waals surface area contributed by atoms with Gasteiger partial charge in [0, 0.05) is 19.3 Å². The molecule has 6 nitrogen and oxygen atoms in total. The molecule has 0 spiro atoms. The Morgan fingerprint density at radius 1 is 0.328 bits per heavy atom. The molecule has 1 atom stereocenters. The van der Waals surface area contributed by atoms with E-state index in [1.165, 1.54) is 161 Å². The Morgan fingerprint density at radius 3 is 0.953 bits per heavy atom. The molecular weight excluding hydrogens is 793 g/mol. The van der Waals surface area contributed by atoms with E-state index in [0.29, 0.717) is 19.3 Å². The van der Waals surface area contributed by atoms with Crippen LogP contribution in [-0.2, 0) is 28.6 Å². The van der Waals surface area contributed by atoms with E-state index >= 15 is 0 Å². The second-order valence-corrected chi connectivity index (χ2v) is 18.5. The summed E-state index contributed by atoms with van der Waals surface area (Å²) in [6.07, 6.45) is 64.0. The van der Waals surface area contributed by atoms with Gasteiger partial charge < -0.3 is 14.2 Å². The Morgan fingerprint density at radius 2 is 0.609 bits per heavy atom. The molecular formula is C58H104O6.